The van der Waals surface area contributed by atoms with Crippen LogP contribution in [0.2, 0.25) is 0 Å². The Morgan fingerprint density at radius 3 is 2.82 bits per heavy atom. The highest BCUT2D eigenvalue weighted by atomic mass is 79.9. The van der Waals surface area contributed by atoms with Gasteiger partial charge in [0.25, 0.3) is 0 Å². The monoisotopic (exact) mass is 233 g/mol. The molecule has 11 heavy (non-hydrogen) atoms. The van der Waals surface area contributed by atoms with Crippen LogP contribution in [0.1, 0.15) is 5.56 Å². The molecule has 0 fully saturated rings. The van der Waals surface area contributed by atoms with Crippen LogP contribution >= 0.6 is 27.5 Å². The van der Waals surface area contributed by atoms with E-state index in [-0.39, 0.29) is 0 Å². The van der Waals surface area contributed by atoms with Gasteiger partial charge in [-0.1, -0.05) is 22.0 Å². The number of nitrogens with one attached hydrogen (secondary N) is 1. The lowest BCUT2D eigenvalue weighted by molar-refractivity contribution is 1.38. The smallest absolute Gasteiger partial charge is 0.0901 e. The molecule has 0 aliphatic rings. The van der Waals surface area contributed by atoms with Crippen molar-refractivity contribution in [2.75, 3.05) is 11.3 Å². The highest BCUT2D eigenvalue weighted by Gasteiger charge is 1.94. The fourth-order valence-electron chi connectivity index (χ4n) is 0.780. The van der Waals surface area contributed by atoms with Crippen molar-refractivity contribution in [3.05, 3.63) is 28.2 Å². The number of rotatable bonds is 2. The number of halogens is 2. The number of hydrogen-bond donors (Lipinski definition) is 1. The van der Waals surface area contributed by atoms with Crippen LogP contribution in [0.3, 0.4) is 0 Å². The van der Waals surface area contributed by atoms with Crippen LogP contribution < -0.4 is 5.32 Å². The summed E-state index contributed by atoms with van der Waals surface area (Å²) in [7, 11) is 0. The topological polar surface area (TPSA) is 12.0 Å². The number of alkyl halides is 1. The van der Waals surface area contributed by atoms with Gasteiger partial charge in [-0.2, -0.15) is 0 Å². The summed E-state index contributed by atoms with van der Waals surface area (Å²) >= 11 is 8.93. The molecule has 1 rings (SSSR count). The second kappa shape index (κ2) is 3.98. The molecule has 60 valence electrons. The van der Waals surface area contributed by atoms with Crippen LogP contribution in [0.25, 0.3) is 0 Å². The molecular weight excluding hydrogens is 225 g/mol. The highest BCUT2D eigenvalue weighted by molar-refractivity contribution is 9.10. The molecule has 0 unspecified atom stereocenters. The normalized spacial score (nSPS) is 9.73. The van der Waals surface area contributed by atoms with Gasteiger partial charge in [0.1, 0.15) is 0 Å². The summed E-state index contributed by atoms with van der Waals surface area (Å²) in [6.07, 6.45) is 0. The molecule has 0 spiro atoms. The second-order valence-corrected chi connectivity index (χ2v) is 3.40. The Kier molecular flexibility index (Phi) is 3.21. The van der Waals surface area contributed by atoms with Gasteiger partial charge < -0.3 is 5.32 Å². The summed E-state index contributed by atoms with van der Waals surface area (Å²) in [6, 6.07) is 6.49. The first-order valence-corrected chi connectivity index (χ1v) is 4.63. The molecule has 1 N–H and O–H groups in total. The van der Waals surface area contributed by atoms with Crippen molar-refractivity contribution in [1.82, 2.24) is 0 Å². The van der Waals surface area contributed by atoms with E-state index in [1.807, 2.05) is 18.2 Å². The molecule has 1 nitrogen and oxygen atoms in total. The lowest BCUT2D eigenvalue weighted by atomic mass is 10.2. The van der Waals surface area contributed by atoms with Gasteiger partial charge in [-0.05, 0) is 24.6 Å². The third-order valence-corrected chi connectivity index (χ3v) is 2.43. The average Bonchev–Trinajstić information content (AvgIpc) is 1.98. The van der Waals surface area contributed by atoms with Gasteiger partial charge in [0, 0.05) is 10.2 Å². The molecule has 0 aliphatic carbocycles. The maximum Gasteiger partial charge on any atom is 0.0901 e. The summed E-state index contributed by atoms with van der Waals surface area (Å²) in [5, 5.41) is 3.01. The molecule has 0 aliphatic heterocycles. The molecule has 0 aromatic heterocycles. The van der Waals surface area contributed by atoms with E-state index < -0.39 is 0 Å². The fraction of sp³-hybridized carbons (Fsp3) is 0.250. The molecule has 3 heteroatoms. The van der Waals surface area contributed by atoms with Gasteiger partial charge in [0.2, 0.25) is 0 Å². The second-order valence-electron chi connectivity index (χ2n) is 2.27. The highest BCUT2D eigenvalue weighted by Crippen LogP contribution is 2.20. The molecule has 0 atom stereocenters. The van der Waals surface area contributed by atoms with Crippen LogP contribution in [0.5, 0.6) is 0 Å². The van der Waals surface area contributed by atoms with Gasteiger partial charge in [-0.25, -0.2) is 0 Å². The first-order chi connectivity index (χ1) is 5.24. The Balaban J connectivity index is 2.86. The van der Waals surface area contributed by atoms with Gasteiger partial charge in [0.15, 0.2) is 0 Å². The van der Waals surface area contributed by atoms with Crippen LogP contribution in [-0.4, -0.2) is 6.00 Å². The van der Waals surface area contributed by atoms with E-state index in [1.54, 1.807) is 0 Å². The Hall–Kier alpha value is -0.210. The van der Waals surface area contributed by atoms with E-state index in [2.05, 4.69) is 28.2 Å². The van der Waals surface area contributed by atoms with Crippen LogP contribution in [-0.2, 0) is 0 Å². The maximum absolute atomic E-state index is 5.50. The van der Waals surface area contributed by atoms with Gasteiger partial charge in [-0.3, -0.25) is 0 Å². The van der Waals surface area contributed by atoms with Gasteiger partial charge >= 0.3 is 0 Å². The third-order valence-electron chi connectivity index (χ3n) is 1.44. The lowest BCUT2D eigenvalue weighted by Crippen LogP contribution is -1.93. The quantitative estimate of drug-likeness (QED) is 0.611. The largest absolute Gasteiger partial charge is 0.372 e. The molecular formula is C8H9BrClN. The molecule has 0 heterocycles. The minimum absolute atomic E-state index is 0.440. The standard InChI is InChI=1S/C8H9BrClN/c1-6-2-3-7(11-5-10)4-8(6)9/h2-4,11H,5H2,1H3. The Morgan fingerprint density at radius 1 is 1.55 bits per heavy atom. The SMILES string of the molecule is Cc1ccc(NCCl)cc1Br. The fourth-order valence-corrected chi connectivity index (χ4v) is 1.31. The molecule has 0 radical (unpaired) electrons. The third kappa shape index (κ3) is 2.38. The first-order valence-electron chi connectivity index (χ1n) is 3.30. The van der Waals surface area contributed by atoms with Crippen molar-refractivity contribution >= 4 is 33.2 Å². The van der Waals surface area contributed by atoms with Gasteiger partial charge in [-0.15, -0.1) is 11.6 Å². The number of anilines is 1. The van der Waals surface area contributed by atoms with Crippen LogP contribution in [0.4, 0.5) is 5.69 Å². The summed E-state index contributed by atoms with van der Waals surface area (Å²) in [6.45, 7) is 2.05. The molecule has 0 bridgehead atoms. The Bertz CT molecular complexity index is 250. The van der Waals surface area contributed by atoms with E-state index in [0.717, 1.165) is 10.2 Å². The van der Waals surface area contributed by atoms with Crippen molar-refractivity contribution in [1.29, 1.82) is 0 Å². The van der Waals surface area contributed by atoms with Crippen LogP contribution in [0, 0.1) is 6.92 Å². The minimum atomic E-state index is 0.440. The predicted molar refractivity (Wildman–Crippen MR) is 53.2 cm³/mol. The Labute approximate surface area is 79.9 Å². The van der Waals surface area contributed by atoms with E-state index >= 15 is 0 Å². The van der Waals surface area contributed by atoms with E-state index in [9.17, 15) is 0 Å². The van der Waals surface area contributed by atoms with Crippen LogP contribution in [0.15, 0.2) is 22.7 Å². The van der Waals surface area contributed by atoms with Crippen molar-refractivity contribution in [3.8, 4) is 0 Å². The molecule has 1 aromatic rings. The number of benzene rings is 1. The lowest BCUT2D eigenvalue weighted by Gasteiger charge is -2.03. The maximum atomic E-state index is 5.50. The van der Waals surface area contributed by atoms with Crippen molar-refractivity contribution in [2.24, 2.45) is 0 Å². The van der Waals surface area contributed by atoms with Crippen molar-refractivity contribution in [2.45, 2.75) is 6.92 Å². The summed E-state index contributed by atoms with van der Waals surface area (Å²) in [4.78, 5) is 0. The zero-order valence-electron chi connectivity index (χ0n) is 6.20. The van der Waals surface area contributed by atoms with E-state index in [4.69, 9.17) is 11.6 Å². The Morgan fingerprint density at radius 2 is 2.27 bits per heavy atom. The zero-order valence-corrected chi connectivity index (χ0v) is 8.54. The van der Waals surface area contributed by atoms with E-state index in [0.29, 0.717) is 6.00 Å². The van der Waals surface area contributed by atoms with Crippen molar-refractivity contribution < 1.29 is 0 Å². The molecule has 1 aromatic carbocycles. The van der Waals surface area contributed by atoms with Gasteiger partial charge in [0.05, 0.1) is 6.00 Å². The summed E-state index contributed by atoms with van der Waals surface area (Å²) in [5.41, 5.74) is 2.27. The molecule has 0 saturated heterocycles. The number of aryl methyl sites for hydroxylation is 1. The molecule has 0 saturated carbocycles. The first kappa shape index (κ1) is 8.88. The minimum Gasteiger partial charge on any atom is -0.372 e. The number of hydrogen-bond acceptors (Lipinski definition) is 1. The average molecular weight is 235 g/mol. The van der Waals surface area contributed by atoms with E-state index in [1.165, 1.54) is 5.56 Å². The summed E-state index contributed by atoms with van der Waals surface area (Å²) in [5.74, 6) is 0. The molecule has 0 amide bonds. The van der Waals surface area contributed by atoms with Crippen molar-refractivity contribution in [3.63, 3.8) is 0 Å². The predicted octanol–water partition coefficient (Wildman–Crippen LogP) is 3.37. The summed E-state index contributed by atoms with van der Waals surface area (Å²) < 4.78 is 1.10. The zero-order chi connectivity index (χ0) is 8.27.